The number of methoxy groups -OCH3 is 1. The summed E-state index contributed by atoms with van der Waals surface area (Å²) in [7, 11) is 1.52. The van der Waals surface area contributed by atoms with Gasteiger partial charge in [-0.05, 0) is 53.9 Å². The summed E-state index contributed by atoms with van der Waals surface area (Å²) in [6, 6.07) is 1.82. The second kappa shape index (κ2) is 8.39. The number of ketones is 4. The number of carbonyl (C=O) groups is 5. The van der Waals surface area contributed by atoms with Crippen LogP contribution in [0.5, 0.6) is 5.75 Å². The molecule has 0 spiro atoms. The molecule has 5 atom stereocenters. The van der Waals surface area contributed by atoms with E-state index >= 15 is 0 Å². The molecule has 9 nitrogen and oxygen atoms in total. The highest BCUT2D eigenvalue weighted by atomic mass is 16.5. The zero-order valence-corrected chi connectivity index (χ0v) is 19.4. The molecule has 1 amide bonds. The van der Waals surface area contributed by atoms with Crippen molar-refractivity contribution in [2.45, 2.75) is 51.7 Å². The maximum Gasteiger partial charge on any atom is 0.235 e. The Hall–Kier alpha value is -2.91. The standard InChI is InChI=1S/C25H29NO8/c1-10(2)4-12-5-13(9-34-3)15-7-11-6-14-8-16(27)19(24(26)32)23(31)25(14,33)22(30)17(11)21(29)18(15)20(12)28/h5,10-11,14,17,19,28,33H,4,6-9H2,1-3H3,(H2,26,32)/t11-,14+,17?,19?,25+/m1/s1. The summed E-state index contributed by atoms with van der Waals surface area (Å²) in [4.78, 5) is 64.4. The summed E-state index contributed by atoms with van der Waals surface area (Å²) in [5.74, 6) is -9.77. The molecule has 3 aliphatic carbocycles. The molecule has 0 bridgehead atoms. The number of hydrogen-bond acceptors (Lipinski definition) is 8. The Morgan fingerprint density at radius 1 is 1.18 bits per heavy atom. The van der Waals surface area contributed by atoms with Crippen molar-refractivity contribution in [2.75, 3.05) is 7.11 Å². The van der Waals surface area contributed by atoms with Crippen molar-refractivity contribution in [3.8, 4) is 5.75 Å². The van der Waals surface area contributed by atoms with Crippen LogP contribution in [0, 0.1) is 29.6 Å². The summed E-state index contributed by atoms with van der Waals surface area (Å²) in [5, 5.41) is 22.3. The van der Waals surface area contributed by atoms with E-state index in [0.29, 0.717) is 17.5 Å². The van der Waals surface area contributed by atoms with E-state index in [1.807, 2.05) is 19.9 Å². The largest absolute Gasteiger partial charge is 0.507 e. The van der Waals surface area contributed by atoms with Gasteiger partial charge in [0.15, 0.2) is 34.7 Å². The van der Waals surface area contributed by atoms with Crippen molar-refractivity contribution in [2.24, 2.45) is 35.3 Å². The molecule has 2 fully saturated rings. The van der Waals surface area contributed by atoms with Crippen molar-refractivity contribution in [3.05, 3.63) is 28.3 Å². The Bertz CT molecular complexity index is 1120. The Morgan fingerprint density at radius 3 is 2.44 bits per heavy atom. The van der Waals surface area contributed by atoms with E-state index < -0.39 is 58.3 Å². The quantitative estimate of drug-likeness (QED) is 0.528. The van der Waals surface area contributed by atoms with Gasteiger partial charge in [-0.25, -0.2) is 0 Å². The molecule has 34 heavy (non-hydrogen) atoms. The van der Waals surface area contributed by atoms with Crippen LogP contribution in [0.25, 0.3) is 0 Å². The fraction of sp³-hybridized carbons (Fsp3) is 0.560. The number of benzene rings is 1. The highest BCUT2D eigenvalue weighted by Gasteiger charge is 2.66. The number of rotatable bonds is 5. The lowest BCUT2D eigenvalue weighted by atomic mass is 9.53. The van der Waals surface area contributed by atoms with E-state index in [1.165, 1.54) is 7.11 Å². The average molecular weight is 472 g/mol. The van der Waals surface area contributed by atoms with E-state index in [2.05, 4.69) is 0 Å². The van der Waals surface area contributed by atoms with Gasteiger partial charge >= 0.3 is 0 Å². The molecule has 0 radical (unpaired) electrons. The fourth-order valence-corrected chi connectivity index (χ4v) is 6.05. The molecule has 4 N–H and O–H groups in total. The van der Waals surface area contributed by atoms with Crippen molar-refractivity contribution in [1.29, 1.82) is 0 Å². The Kier molecular flexibility index (Phi) is 5.98. The van der Waals surface area contributed by atoms with Gasteiger partial charge < -0.3 is 20.7 Å². The maximum atomic E-state index is 13.7. The van der Waals surface area contributed by atoms with Crippen molar-refractivity contribution < 1.29 is 38.9 Å². The summed E-state index contributed by atoms with van der Waals surface area (Å²) < 4.78 is 5.32. The first-order valence-corrected chi connectivity index (χ1v) is 11.5. The molecule has 3 aliphatic rings. The first kappa shape index (κ1) is 24.2. The zero-order valence-electron chi connectivity index (χ0n) is 19.4. The molecule has 2 unspecified atom stereocenters. The number of primary amides is 1. The number of phenolic OH excluding ortho intramolecular Hbond substituents is 1. The second-order valence-corrected chi connectivity index (χ2v) is 10.2. The summed E-state index contributed by atoms with van der Waals surface area (Å²) >= 11 is 0. The monoisotopic (exact) mass is 471 g/mol. The lowest BCUT2D eigenvalue weighted by Gasteiger charge is -2.48. The van der Waals surface area contributed by atoms with Gasteiger partial charge in [0.1, 0.15) is 5.75 Å². The molecule has 0 heterocycles. The minimum Gasteiger partial charge on any atom is -0.507 e. The maximum absolute atomic E-state index is 13.7. The van der Waals surface area contributed by atoms with Crippen molar-refractivity contribution in [1.82, 2.24) is 0 Å². The molecule has 0 aromatic heterocycles. The summed E-state index contributed by atoms with van der Waals surface area (Å²) in [5.41, 5.74) is 4.46. The third-order valence-electron chi connectivity index (χ3n) is 7.50. The van der Waals surface area contributed by atoms with Gasteiger partial charge in [-0.3, -0.25) is 24.0 Å². The lowest BCUT2D eigenvalue weighted by Crippen LogP contribution is -2.68. The highest BCUT2D eigenvalue weighted by molar-refractivity contribution is 6.31. The molecule has 1 aromatic rings. The minimum absolute atomic E-state index is 0.0210. The van der Waals surface area contributed by atoms with Crippen LogP contribution >= 0.6 is 0 Å². The number of Topliss-reactive ketones (excluding diaryl/α,β-unsaturated/α-hetero) is 4. The summed E-state index contributed by atoms with van der Waals surface area (Å²) in [6.45, 7) is 4.15. The smallest absolute Gasteiger partial charge is 0.235 e. The van der Waals surface area contributed by atoms with Crippen LogP contribution in [0.4, 0.5) is 0 Å². The normalized spacial score (nSPS) is 30.7. The van der Waals surface area contributed by atoms with Gasteiger partial charge in [-0.15, -0.1) is 0 Å². The number of aliphatic hydroxyl groups is 1. The summed E-state index contributed by atoms with van der Waals surface area (Å²) in [6.07, 6.45) is 0.468. The SMILES string of the molecule is COCc1cc(CC(C)C)c(O)c2c1C[C@H]1C[C@H]3CC(=O)C(C(N)=O)C(=O)[C@@]3(O)C(=O)C1C2=O. The van der Waals surface area contributed by atoms with Crippen LogP contribution < -0.4 is 5.73 Å². The first-order chi connectivity index (χ1) is 15.9. The molecule has 2 saturated carbocycles. The van der Waals surface area contributed by atoms with Crippen molar-refractivity contribution >= 4 is 29.0 Å². The van der Waals surface area contributed by atoms with Gasteiger partial charge in [0.05, 0.1) is 18.1 Å². The van der Waals surface area contributed by atoms with E-state index in [4.69, 9.17) is 10.5 Å². The van der Waals surface area contributed by atoms with Gasteiger partial charge in [0.25, 0.3) is 0 Å². The van der Waals surface area contributed by atoms with Crippen LogP contribution in [-0.4, -0.2) is 52.0 Å². The zero-order chi connectivity index (χ0) is 25.1. The van der Waals surface area contributed by atoms with Crippen molar-refractivity contribution in [3.63, 3.8) is 0 Å². The first-order valence-electron chi connectivity index (χ1n) is 11.5. The van der Waals surface area contributed by atoms with E-state index in [1.54, 1.807) is 0 Å². The number of amides is 1. The van der Waals surface area contributed by atoms with Gasteiger partial charge in [0.2, 0.25) is 5.91 Å². The lowest BCUT2D eigenvalue weighted by molar-refractivity contribution is -0.175. The van der Waals surface area contributed by atoms with Crippen LogP contribution in [0.3, 0.4) is 0 Å². The molecule has 1 aromatic carbocycles. The predicted molar refractivity (Wildman–Crippen MR) is 118 cm³/mol. The van der Waals surface area contributed by atoms with Crippen LogP contribution in [0.2, 0.25) is 0 Å². The Balaban J connectivity index is 1.83. The average Bonchev–Trinajstić information content (AvgIpc) is 2.73. The van der Waals surface area contributed by atoms with Gasteiger partial charge in [-0.2, -0.15) is 0 Å². The Labute approximate surface area is 196 Å². The molecular weight excluding hydrogens is 442 g/mol. The number of ether oxygens (including phenoxy) is 1. The third-order valence-corrected chi connectivity index (χ3v) is 7.50. The number of phenols is 1. The Morgan fingerprint density at radius 2 is 1.85 bits per heavy atom. The third kappa shape index (κ3) is 3.41. The van der Waals surface area contributed by atoms with Crippen LogP contribution in [-0.2, 0) is 43.4 Å². The topological polar surface area (TPSA) is 161 Å². The molecule has 9 heteroatoms. The number of aromatic hydroxyl groups is 1. The number of hydrogen-bond donors (Lipinski definition) is 3. The second-order valence-electron chi connectivity index (χ2n) is 10.2. The van der Waals surface area contributed by atoms with Gasteiger partial charge in [-0.1, -0.05) is 13.8 Å². The number of nitrogens with two attached hydrogens (primary N) is 1. The molecule has 4 rings (SSSR count). The van der Waals surface area contributed by atoms with E-state index in [-0.39, 0.29) is 43.1 Å². The van der Waals surface area contributed by atoms with Gasteiger partial charge in [0, 0.05) is 19.4 Å². The van der Waals surface area contributed by atoms with E-state index in [0.717, 1.165) is 5.56 Å². The number of carbonyl (C=O) groups excluding carboxylic acids is 5. The fourth-order valence-electron chi connectivity index (χ4n) is 6.05. The number of fused-ring (bicyclic) bond motifs is 3. The molecular formula is C25H29NO8. The van der Waals surface area contributed by atoms with E-state index in [9.17, 15) is 34.2 Å². The molecule has 0 saturated heterocycles. The van der Waals surface area contributed by atoms with Crippen LogP contribution in [0.1, 0.15) is 53.7 Å². The van der Waals surface area contributed by atoms with Crippen LogP contribution in [0.15, 0.2) is 6.07 Å². The molecule has 0 aliphatic heterocycles. The predicted octanol–water partition coefficient (Wildman–Crippen LogP) is 0.672. The highest BCUT2D eigenvalue weighted by Crippen LogP contribution is 2.50. The minimum atomic E-state index is -2.64. The molecule has 182 valence electrons.